The predicted molar refractivity (Wildman–Crippen MR) is 89.0 cm³/mol. The SMILES string of the molecule is C=C1CCC2=C(C1)C(C)CC1C2CCC(C)(C(C)O)C1C. The van der Waals surface area contributed by atoms with Crippen LogP contribution in [-0.2, 0) is 0 Å². The molecule has 21 heavy (non-hydrogen) atoms. The van der Waals surface area contributed by atoms with Crippen LogP contribution in [0.2, 0.25) is 0 Å². The van der Waals surface area contributed by atoms with E-state index in [0.717, 1.165) is 17.8 Å². The number of aliphatic hydroxyl groups excluding tert-OH is 1. The van der Waals surface area contributed by atoms with Crippen molar-refractivity contribution in [2.24, 2.45) is 29.1 Å². The molecular weight excluding hydrogens is 256 g/mol. The molecule has 3 aliphatic rings. The van der Waals surface area contributed by atoms with Gasteiger partial charge >= 0.3 is 0 Å². The van der Waals surface area contributed by atoms with Gasteiger partial charge in [-0.3, -0.25) is 0 Å². The van der Waals surface area contributed by atoms with E-state index < -0.39 is 0 Å². The largest absolute Gasteiger partial charge is 0.393 e. The maximum atomic E-state index is 10.3. The molecular formula is C20H32O. The van der Waals surface area contributed by atoms with Gasteiger partial charge in [0.15, 0.2) is 0 Å². The van der Waals surface area contributed by atoms with E-state index in [4.69, 9.17) is 0 Å². The van der Waals surface area contributed by atoms with Crippen molar-refractivity contribution in [2.75, 3.05) is 0 Å². The second-order valence-electron chi connectivity index (χ2n) is 8.39. The van der Waals surface area contributed by atoms with E-state index in [9.17, 15) is 5.11 Å². The van der Waals surface area contributed by atoms with E-state index >= 15 is 0 Å². The van der Waals surface area contributed by atoms with Crippen molar-refractivity contribution < 1.29 is 5.11 Å². The van der Waals surface area contributed by atoms with Crippen LogP contribution >= 0.6 is 0 Å². The summed E-state index contributed by atoms with van der Waals surface area (Å²) in [7, 11) is 0. The normalized spacial score (nSPS) is 45.1. The van der Waals surface area contributed by atoms with Gasteiger partial charge in [-0.1, -0.05) is 44.1 Å². The number of aliphatic hydroxyl groups is 1. The minimum Gasteiger partial charge on any atom is -0.393 e. The van der Waals surface area contributed by atoms with Gasteiger partial charge in [-0.2, -0.15) is 0 Å². The van der Waals surface area contributed by atoms with Crippen molar-refractivity contribution in [3.8, 4) is 0 Å². The zero-order valence-corrected chi connectivity index (χ0v) is 14.3. The Labute approximate surface area is 130 Å². The minimum atomic E-state index is -0.190. The standard InChI is InChI=1S/C20H32O/c1-12-6-7-16-17-8-9-20(5,15(4)21)14(3)19(17)11-13(2)18(16)10-12/h13-15,17,19,21H,1,6-11H2,2-5H3. The van der Waals surface area contributed by atoms with E-state index in [-0.39, 0.29) is 11.5 Å². The second kappa shape index (κ2) is 5.26. The summed E-state index contributed by atoms with van der Waals surface area (Å²) in [5, 5.41) is 10.3. The molecule has 3 rings (SSSR count). The van der Waals surface area contributed by atoms with E-state index in [1.165, 1.54) is 44.1 Å². The summed E-state index contributed by atoms with van der Waals surface area (Å²) in [6, 6.07) is 0. The lowest BCUT2D eigenvalue weighted by molar-refractivity contribution is -0.0631. The molecule has 0 spiro atoms. The van der Waals surface area contributed by atoms with Crippen LogP contribution in [0.3, 0.4) is 0 Å². The van der Waals surface area contributed by atoms with Crippen LogP contribution in [0.1, 0.15) is 66.2 Å². The molecule has 6 atom stereocenters. The molecule has 0 aromatic rings. The van der Waals surface area contributed by atoms with Crippen LogP contribution in [0.5, 0.6) is 0 Å². The van der Waals surface area contributed by atoms with Gasteiger partial charge in [-0.25, -0.2) is 0 Å². The fourth-order valence-electron chi connectivity index (χ4n) is 5.54. The quantitative estimate of drug-likeness (QED) is 0.665. The van der Waals surface area contributed by atoms with Gasteiger partial charge in [0.1, 0.15) is 0 Å². The van der Waals surface area contributed by atoms with Gasteiger partial charge < -0.3 is 5.11 Å². The van der Waals surface area contributed by atoms with Gasteiger partial charge in [0.25, 0.3) is 0 Å². The highest BCUT2D eigenvalue weighted by molar-refractivity contribution is 5.33. The van der Waals surface area contributed by atoms with Crippen LogP contribution in [0.15, 0.2) is 23.3 Å². The summed E-state index contributed by atoms with van der Waals surface area (Å²) in [6.07, 6.45) is 7.23. The molecule has 1 fully saturated rings. The smallest absolute Gasteiger partial charge is 0.0568 e. The van der Waals surface area contributed by atoms with Gasteiger partial charge in [-0.05, 0) is 74.5 Å². The first-order valence-electron chi connectivity index (χ1n) is 8.91. The van der Waals surface area contributed by atoms with Crippen molar-refractivity contribution in [3.05, 3.63) is 23.3 Å². The molecule has 0 aliphatic heterocycles. The van der Waals surface area contributed by atoms with Crippen molar-refractivity contribution in [1.82, 2.24) is 0 Å². The van der Waals surface area contributed by atoms with Crippen LogP contribution in [0, 0.1) is 29.1 Å². The van der Waals surface area contributed by atoms with Crippen LogP contribution in [0.25, 0.3) is 0 Å². The topological polar surface area (TPSA) is 20.2 Å². The highest BCUT2D eigenvalue weighted by Gasteiger charge is 2.49. The monoisotopic (exact) mass is 288 g/mol. The lowest BCUT2D eigenvalue weighted by Crippen LogP contribution is -2.48. The maximum absolute atomic E-state index is 10.3. The molecule has 1 nitrogen and oxygen atoms in total. The third-order valence-corrected chi connectivity index (χ3v) is 7.42. The second-order valence-corrected chi connectivity index (χ2v) is 8.39. The Morgan fingerprint density at radius 2 is 1.95 bits per heavy atom. The number of allylic oxidation sites excluding steroid dienone is 3. The molecule has 0 amide bonds. The van der Waals surface area contributed by atoms with Crippen LogP contribution in [0.4, 0.5) is 0 Å². The molecule has 0 saturated heterocycles. The summed E-state index contributed by atoms with van der Waals surface area (Å²) in [5.74, 6) is 2.92. The van der Waals surface area contributed by atoms with Crippen LogP contribution in [-0.4, -0.2) is 11.2 Å². The molecule has 0 aromatic carbocycles. The minimum absolute atomic E-state index is 0.108. The van der Waals surface area contributed by atoms with Gasteiger partial charge in [0.2, 0.25) is 0 Å². The van der Waals surface area contributed by atoms with Crippen LogP contribution < -0.4 is 0 Å². The summed E-state index contributed by atoms with van der Waals surface area (Å²) in [5.41, 5.74) is 5.08. The summed E-state index contributed by atoms with van der Waals surface area (Å²) >= 11 is 0. The first-order valence-corrected chi connectivity index (χ1v) is 8.91. The molecule has 0 radical (unpaired) electrons. The maximum Gasteiger partial charge on any atom is 0.0568 e. The fourth-order valence-corrected chi connectivity index (χ4v) is 5.54. The third kappa shape index (κ3) is 2.32. The predicted octanol–water partition coefficient (Wildman–Crippen LogP) is 5.11. The Hall–Kier alpha value is -0.560. The molecule has 1 heteroatoms. The average Bonchev–Trinajstić information content (AvgIpc) is 2.44. The zero-order chi connectivity index (χ0) is 15.4. The lowest BCUT2D eigenvalue weighted by atomic mass is 9.51. The lowest BCUT2D eigenvalue weighted by Gasteiger charge is -2.54. The van der Waals surface area contributed by atoms with Gasteiger partial charge in [0, 0.05) is 0 Å². The molecule has 0 aromatic heterocycles. The molecule has 3 aliphatic carbocycles. The Balaban J connectivity index is 1.93. The van der Waals surface area contributed by atoms with Crippen molar-refractivity contribution in [2.45, 2.75) is 72.3 Å². The third-order valence-electron chi connectivity index (χ3n) is 7.42. The molecule has 6 unspecified atom stereocenters. The van der Waals surface area contributed by atoms with Gasteiger partial charge in [-0.15, -0.1) is 0 Å². The highest BCUT2D eigenvalue weighted by atomic mass is 16.3. The fraction of sp³-hybridized carbons (Fsp3) is 0.800. The number of hydrogen-bond donors (Lipinski definition) is 1. The number of fused-ring (bicyclic) bond motifs is 2. The first kappa shape index (κ1) is 15.3. The zero-order valence-electron chi connectivity index (χ0n) is 14.3. The summed E-state index contributed by atoms with van der Waals surface area (Å²) in [4.78, 5) is 0. The van der Waals surface area contributed by atoms with Crippen molar-refractivity contribution in [1.29, 1.82) is 0 Å². The first-order chi connectivity index (χ1) is 9.84. The molecule has 1 saturated carbocycles. The van der Waals surface area contributed by atoms with E-state index in [2.05, 4.69) is 27.4 Å². The number of hydrogen-bond acceptors (Lipinski definition) is 1. The molecule has 118 valence electrons. The van der Waals surface area contributed by atoms with E-state index in [1.54, 1.807) is 11.1 Å². The van der Waals surface area contributed by atoms with E-state index in [1.807, 2.05) is 6.92 Å². The van der Waals surface area contributed by atoms with Crippen molar-refractivity contribution >= 4 is 0 Å². The Bertz CT molecular complexity index is 472. The average molecular weight is 288 g/mol. The molecule has 1 N–H and O–H groups in total. The Morgan fingerprint density at radius 3 is 2.62 bits per heavy atom. The van der Waals surface area contributed by atoms with Gasteiger partial charge in [0.05, 0.1) is 6.10 Å². The molecule has 0 heterocycles. The summed E-state index contributed by atoms with van der Waals surface area (Å²) < 4.78 is 0. The van der Waals surface area contributed by atoms with E-state index in [0.29, 0.717) is 5.92 Å². The number of rotatable bonds is 1. The highest BCUT2D eigenvalue weighted by Crippen LogP contribution is 2.57. The Kier molecular flexibility index (Phi) is 3.84. The Morgan fingerprint density at radius 1 is 1.24 bits per heavy atom. The van der Waals surface area contributed by atoms with Crippen molar-refractivity contribution in [3.63, 3.8) is 0 Å². The summed E-state index contributed by atoms with van der Waals surface area (Å²) in [6.45, 7) is 13.4. The molecule has 0 bridgehead atoms.